The zero-order valence-electron chi connectivity index (χ0n) is 20.9. The maximum absolute atomic E-state index is 14.5. The number of aliphatic carboxylic acids is 1. The van der Waals surface area contributed by atoms with E-state index in [9.17, 15) is 24.6 Å². The monoisotopic (exact) mass is 598 g/mol. The van der Waals surface area contributed by atoms with Crippen LogP contribution in [-0.2, 0) is 27.3 Å². The number of carboxylic acids is 1. The first-order valence-corrected chi connectivity index (χ1v) is 14.6. The number of hydrogen-bond acceptors (Lipinski definition) is 5. The second-order valence-electron chi connectivity index (χ2n) is 10.3. The highest BCUT2D eigenvalue weighted by Gasteiger charge is 2.76. The molecule has 2 aromatic carbocycles. The van der Waals surface area contributed by atoms with Gasteiger partial charge in [-0.15, -0.1) is 18.3 Å². The fourth-order valence-corrected chi connectivity index (χ4v) is 10.1. The number of nitrogens with zero attached hydrogens (tertiary/aromatic N) is 2. The molecular weight excluding hydrogens is 568 g/mol. The minimum Gasteiger partial charge on any atom is -0.481 e. The topological polar surface area (TPSA) is 98.2 Å². The van der Waals surface area contributed by atoms with Crippen LogP contribution in [0.2, 0.25) is 0 Å². The molecule has 2 aromatic rings. The molecule has 0 saturated carbocycles. The zero-order valence-corrected chi connectivity index (χ0v) is 23.3. The highest BCUT2D eigenvalue weighted by atomic mass is 79.9. The average Bonchev–Trinajstić information content (AvgIpc) is 3.51. The first kappa shape index (κ1) is 27.0. The van der Waals surface area contributed by atoms with Crippen LogP contribution in [0.3, 0.4) is 0 Å². The molecule has 2 bridgehead atoms. The molecule has 1 spiro atoms. The number of carbonyl (C=O) groups excluding carboxylic acids is 2. The Balaban J connectivity index is 1.58. The lowest BCUT2D eigenvalue weighted by atomic mass is 9.71. The molecule has 3 aliphatic rings. The molecule has 2 amide bonds. The Morgan fingerprint density at radius 1 is 1.16 bits per heavy atom. The number of amides is 2. The Morgan fingerprint density at radius 3 is 2.37 bits per heavy atom. The number of rotatable bonds is 10. The first-order valence-electron chi connectivity index (χ1n) is 12.8. The minimum absolute atomic E-state index is 0.128. The van der Waals surface area contributed by atoms with Crippen molar-refractivity contribution < 1.29 is 24.6 Å². The van der Waals surface area contributed by atoms with Crippen LogP contribution < -0.4 is 0 Å². The standard InChI is InChI=1S/C29H31BrN2O5S/c1-2-13-31(16-19-11-7-4-8-12-19)27(35)25-29-15-21(30)24(38-29)22(28(36)37)23(29)26(34)32(25)20(17-33)14-18-9-5-3-6-10-18/h2-12,20-25,33H,1,13-17H2,(H,36,37)/t20-,21?,22-,23+,24-,25?,29?/m1/s1. The fraction of sp³-hybridized carbons (Fsp3) is 0.414. The summed E-state index contributed by atoms with van der Waals surface area (Å²) in [6.07, 6.45) is 2.53. The van der Waals surface area contributed by atoms with Gasteiger partial charge in [0.2, 0.25) is 11.8 Å². The third kappa shape index (κ3) is 4.48. The number of aliphatic hydroxyl groups excluding tert-OH is 1. The fourth-order valence-electron chi connectivity index (χ4n) is 6.52. The minimum atomic E-state index is -1.02. The molecule has 3 unspecified atom stereocenters. The molecule has 38 heavy (non-hydrogen) atoms. The van der Waals surface area contributed by atoms with Crippen molar-refractivity contribution in [1.82, 2.24) is 9.80 Å². The van der Waals surface area contributed by atoms with Crippen LogP contribution in [0.15, 0.2) is 73.3 Å². The van der Waals surface area contributed by atoms with Gasteiger partial charge in [0.1, 0.15) is 6.04 Å². The van der Waals surface area contributed by atoms with E-state index in [1.807, 2.05) is 60.7 Å². The van der Waals surface area contributed by atoms with Crippen molar-refractivity contribution in [2.75, 3.05) is 13.2 Å². The quantitative estimate of drug-likeness (QED) is 0.321. The van der Waals surface area contributed by atoms with Gasteiger partial charge in [0.05, 0.1) is 29.2 Å². The van der Waals surface area contributed by atoms with E-state index in [1.54, 1.807) is 11.0 Å². The van der Waals surface area contributed by atoms with Gasteiger partial charge in [-0.3, -0.25) is 14.4 Å². The lowest BCUT2D eigenvalue weighted by Crippen LogP contribution is -2.58. The second kappa shape index (κ2) is 10.9. The number of halogens is 1. The van der Waals surface area contributed by atoms with Crippen LogP contribution in [0.4, 0.5) is 0 Å². The predicted octanol–water partition coefficient (Wildman–Crippen LogP) is 3.35. The van der Waals surface area contributed by atoms with Gasteiger partial charge in [-0.2, -0.15) is 0 Å². The number of carboxylic acid groups (broad SMARTS) is 1. The maximum atomic E-state index is 14.5. The van der Waals surface area contributed by atoms with E-state index in [1.165, 1.54) is 16.7 Å². The Labute approximate surface area is 235 Å². The van der Waals surface area contributed by atoms with Gasteiger partial charge >= 0.3 is 5.97 Å². The van der Waals surface area contributed by atoms with Crippen molar-refractivity contribution in [2.45, 2.75) is 46.3 Å². The van der Waals surface area contributed by atoms with E-state index in [4.69, 9.17) is 0 Å². The third-order valence-corrected chi connectivity index (χ3v) is 11.3. The molecule has 7 atom stereocenters. The van der Waals surface area contributed by atoms with Crippen molar-refractivity contribution >= 4 is 45.5 Å². The van der Waals surface area contributed by atoms with Gasteiger partial charge in [0, 0.05) is 23.2 Å². The van der Waals surface area contributed by atoms with Crippen LogP contribution in [0.1, 0.15) is 17.5 Å². The number of hydrogen-bond donors (Lipinski definition) is 2. The van der Waals surface area contributed by atoms with E-state index in [2.05, 4.69) is 22.5 Å². The van der Waals surface area contributed by atoms with Crippen molar-refractivity contribution in [3.63, 3.8) is 0 Å². The van der Waals surface area contributed by atoms with Crippen LogP contribution in [0.5, 0.6) is 0 Å². The Morgan fingerprint density at radius 2 is 1.79 bits per heavy atom. The van der Waals surface area contributed by atoms with E-state index in [0.717, 1.165) is 11.1 Å². The summed E-state index contributed by atoms with van der Waals surface area (Å²) in [7, 11) is 0. The second-order valence-corrected chi connectivity index (χ2v) is 13.0. The number of aliphatic hydroxyl groups is 1. The van der Waals surface area contributed by atoms with Crippen molar-refractivity contribution in [2.24, 2.45) is 11.8 Å². The van der Waals surface area contributed by atoms with Gasteiger partial charge in [-0.05, 0) is 24.0 Å². The molecule has 3 fully saturated rings. The van der Waals surface area contributed by atoms with Crippen molar-refractivity contribution in [3.05, 3.63) is 84.4 Å². The van der Waals surface area contributed by atoms with Crippen molar-refractivity contribution in [1.29, 1.82) is 0 Å². The van der Waals surface area contributed by atoms with Crippen LogP contribution >= 0.6 is 27.7 Å². The highest BCUT2D eigenvalue weighted by Crippen LogP contribution is 2.68. The first-order chi connectivity index (χ1) is 18.3. The summed E-state index contributed by atoms with van der Waals surface area (Å²) >= 11 is 5.15. The summed E-state index contributed by atoms with van der Waals surface area (Å²) in [5.74, 6) is -3.34. The number of benzene rings is 2. The Kier molecular flexibility index (Phi) is 7.71. The van der Waals surface area contributed by atoms with E-state index in [-0.39, 0.29) is 35.0 Å². The number of likely N-dealkylation sites (tertiary alicyclic amines) is 1. The molecular formula is C29H31BrN2O5S. The summed E-state index contributed by atoms with van der Waals surface area (Å²) < 4.78 is -0.893. The summed E-state index contributed by atoms with van der Waals surface area (Å²) in [6.45, 7) is 4.13. The zero-order chi connectivity index (χ0) is 27.0. The molecule has 200 valence electrons. The Bertz CT molecular complexity index is 1210. The normalized spacial score (nSPS) is 30.2. The third-order valence-electron chi connectivity index (χ3n) is 8.04. The van der Waals surface area contributed by atoms with Crippen molar-refractivity contribution in [3.8, 4) is 0 Å². The van der Waals surface area contributed by atoms with Gasteiger partial charge in [0.25, 0.3) is 0 Å². The number of alkyl halides is 1. The molecule has 2 N–H and O–H groups in total. The summed E-state index contributed by atoms with van der Waals surface area (Å²) in [4.78, 5) is 44.2. The predicted molar refractivity (Wildman–Crippen MR) is 150 cm³/mol. The molecule has 7 nitrogen and oxygen atoms in total. The SMILES string of the molecule is C=CCN(Cc1ccccc1)C(=O)C1N([C@@H](CO)Cc2ccccc2)C(=O)[C@@H]2[C@@H](C(=O)O)[C@@H]3SC12CC3Br. The van der Waals surface area contributed by atoms with E-state index in [0.29, 0.717) is 19.4 Å². The summed E-state index contributed by atoms with van der Waals surface area (Å²) in [6, 6.07) is 17.6. The molecule has 0 aliphatic carbocycles. The smallest absolute Gasteiger partial charge is 0.308 e. The molecule has 5 rings (SSSR count). The maximum Gasteiger partial charge on any atom is 0.308 e. The largest absolute Gasteiger partial charge is 0.481 e. The lowest BCUT2D eigenvalue weighted by molar-refractivity contribution is -0.149. The van der Waals surface area contributed by atoms with Crippen LogP contribution in [-0.4, -0.2) is 77.9 Å². The lowest BCUT2D eigenvalue weighted by Gasteiger charge is -2.40. The number of fused-ring (bicyclic) bond motifs is 1. The van der Waals surface area contributed by atoms with Crippen LogP contribution in [0.25, 0.3) is 0 Å². The summed E-state index contributed by atoms with van der Waals surface area (Å²) in [5, 5.41) is 20.4. The average molecular weight is 600 g/mol. The molecule has 3 heterocycles. The van der Waals surface area contributed by atoms with E-state index >= 15 is 0 Å². The number of carbonyl (C=O) groups is 3. The molecule has 3 saturated heterocycles. The molecule has 9 heteroatoms. The highest BCUT2D eigenvalue weighted by molar-refractivity contribution is 9.09. The molecule has 0 radical (unpaired) electrons. The van der Waals surface area contributed by atoms with Gasteiger partial charge in [0.15, 0.2) is 0 Å². The van der Waals surface area contributed by atoms with Gasteiger partial charge < -0.3 is 20.0 Å². The molecule has 3 aliphatic heterocycles. The van der Waals surface area contributed by atoms with Gasteiger partial charge in [-0.25, -0.2) is 0 Å². The summed E-state index contributed by atoms with van der Waals surface area (Å²) in [5.41, 5.74) is 1.87. The Hall–Kier alpha value is -2.62. The molecule has 0 aromatic heterocycles. The van der Waals surface area contributed by atoms with Gasteiger partial charge in [-0.1, -0.05) is 82.7 Å². The van der Waals surface area contributed by atoms with Crippen LogP contribution in [0, 0.1) is 11.8 Å². The number of thioether (sulfide) groups is 1. The van der Waals surface area contributed by atoms with E-state index < -0.39 is 34.6 Å².